The first-order valence-corrected chi connectivity index (χ1v) is 4.81. The van der Waals surface area contributed by atoms with E-state index in [1.165, 1.54) is 0 Å². The molecule has 0 saturated heterocycles. The third kappa shape index (κ3) is 1.98. The molecule has 0 aliphatic heterocycles. The van der Waals surface area contributed by atoms with E-state index in [1.807, 2.05) is 6.07 Å². The smallest absolute Gasteiger partial charge is 0.198 e. The van der Waals surface area contributed by atoms with Crippen molar-refractivity contribution in [1.29, 1.82) is 5.26 Å². The Labute approximate surface area is 88.2 Å². The van der Waals surface area contributed by atoms with Crippen molar-refractivity contribution in [3.8, 4) is 6.07 Å². The highest BCUT2D eigenvalue weighted by molar-refractivity contribution is 9.11. The Morgan fingerprint density at radius 2 is 1.55 bits per heavy atom. The first kappa shape index (κ1) is 9.10. The number of halogens is 3. The number of nitrogens with zero attached hydrogens (tertiary/aromatic N) is 3. The SMILES string of the molecule is N#Cc1c(Br)nc(Br)nc1Br. The molecule has 0 atom stereocenters. The van der Waals surface area contributed by atoms with Crippen LogP contribution in [0.5, 0.6) is 0 Å². The fourth-order valence-electron chi connectivity index (χ4n) is 0.476. The molecule has 0 fully saturated rings. The van der Waals surface area contributed by atoms with Gasteiger partial charge in [0.1, 0.15) is 20.8 Å². The van der Waals surface area contributed by atoms with Crippen molar-refractivity contribution in [1.82, 2.24) is 9.97 Å². The normalized spacial score (nSPS) is 9.27. The molecule has 3 nitrogen and oxygen atoms in total. The molecule has 0 aliphatic rings. The van der Waals surface area contributed by atoms with E-state index >= 15 is 0 Å². The maximum Gasteiger partial charge on any atom is 0.198 e. The van der Waals surface area contributed by atoms with Crippen LogP contribution in [0.1, 0.15) is 5.56 Å². The molecule has 0 bridgehead atoms. The quantitative estimate of drug-likeness (QED) is 0.538. The van der Waals surface area contributed by atoms with E-state index in [0.717, 1.165) is 0 Å². The molecule has 11 heavy (non-hydrogen) atoms. The average Bonchev–Trinajstić information content (AvgIpc) is 1.85. The summed E-state index contributed by atoms with van der Waals surface area (Å²) < 4.78 is 1.40. The van der Waals surface area contributed by atoms with Gasteiger partial charge in [-0.05, 0) is 47.8 Å². The third-order valence-electron chi connectivity index (χ3n) is 0.905. The van der Waals surface area contributed by atoms with E-state index in [0.29, 0.717) is 19.5 Å². The van der Waals surface area contributed by atoms with Gasteiger partial charge in [-0.15, -0.1) is 0 Å². The summed E-state index contributed by atoms with van der Waals surface area (Å²) in [5.74, 6) is 0. The zero-order chi connectivity index (χ0) is 8.43. The van der Waals surface area contributed by atoms with Crippen molar-refractivity contribution in [3.05, 3.63) is 19.5 Å². The lowest BCUT2D eigenvalue weighted by Crippen LogP contribution is -1.90. The Balaban J connectivity index is 3.40. The zero-order valence-corrected chi connectivity index (χ0v) is 9.73. The highest BCUT2D eigenvalue weighted by atomic mass is 79.9. The van der Waals surface area contributed by atoms with E-state index in [4.69, 9.17) is 5.26 Å². The lowest BCUT2D eigenvalue weighted by molar-refractivity contribution is 1.05. The number of rotatable bonds is 0. The molecule has 56 valence electrons. The topological polar surface area (TPSA) is 49.6 Å². The maximum atomic E-state index is 8.58. The van der Waals surface area contributed by atoms with Crippen molar-refractivity contribution in [2.24, 2.45) is 0 Å². The largest absolute Gasteiger partial charge is 0.214 e. The van der Waals surface area contributed by atoms with Gasteiger partial charge in [0.15, 0.2) is 4.73 Å². The molecule has 0 amide bonds. The van der Waals surface area contributed by atoms with E-state index < -0.39 is 0 Å². The number of nitriles is 1. The first-order chi connectivity index (χ1) is 5.15. The van der Waals surface area contributed by atoms with E-state index in [1.54, 1.807) is 0 Å². The van der Waals surface area contributed by atoms with Crippen LogP contribution in [0, 0.1) is 11.3 Å². The predicted molar refractivity (Wildman–Crippen MR) is 49.8 cm³/mol. The van der Waals surface area contributed by atoms with Crippen LogP contribution in [0.2, 0.25) is 0 Å². The van der Waals surface area contributed by atoms with Crippen LogP contribution >= 0.6 is 47.8 Å². The van der Waals surface area contributed by atoms with Gasteiger partial charge in [0.2, 0.25) is 0 Å². The van der Waals surface area contributed by atoms with Gasteiger partial charge >= 0.3 is 0 Å². The van der Waals surface area contributed by atoms with Gasteiger partial charge < -0.3 is 0 Å². The summed E-state index contributed by atoms with van der Waals surface area (Å²) in [5.41, 5.74) is 0.396. The van der Waals surface area contributed by atoms with E-state index in [9.17, 15) is 0 Å². The Morgan fingerprint density at radius 3 is 1.91 bits per heavy atom. The standard InChI is InChI=1S/C5Br3N3/c6-3-2(1-9)4(7)11-5(8)10-3. The Hall–Kier alpha value is 0.01000. The average molecular weight is 342 g/mol. The van der Waals surface area contributed by atoms with Gasteiger partial charge in [0.05, 0.1) is 0 Å². The fourth-order valence-corrected chi connectivity index (χ4v) is 2.46. The van der Waals surface area contributed by atoms with E-state index in [2.05, 4.69) is 57.8 Å². The summed E-state index contributed by atoms with van der Waals surface area (Å²) in [6, 6.07) is 1.95. The summed E-state index contributed by atoms with van der Waals surface area (Å²) in [5, 5.41) is 8.58. The zero-order valence-electron chi connectivity index (χ0n) is 4.98. The molecule has 0 N–H and O–H groups in total. The second-order valence-corrected chi connectivity index (χ2v) is 3.77. The van der Waals surface area contributed by atoms with Crippen LogP contribution in [-0.4, -0.2) is 9.97 Å². The van der Waals surface area contributed by atoms with Gasteiger partial charge in [-0.1, -0.05) is 0 Å². The number of hydrogen-bond acceptors (Lipinski definition) is 3. The molecule has 6 heteroatoms. The van der Waals surface area contributed by atoms with Gasteiger partial charge in [0.25, 0.3) is 0 Å². The molecular weight excluding hydrogens is 342 g/mol. The molecule has 0 spiro atoms. The Kier molecular flexibility index (Phi) is 2.98. The Bertz CT molecular complexity index is 307. The highest BCUT2D eigenvalue weighted by Crippen LogP contribution is 2.22. The summed E-state index contributed by atoms with van der Waals surface area (Å²) in [7, 11) is 0. The summed E-state index contributed by atoms with van der Waals surface area (Å²) in [6.07, 6.45) is 0. The predicted octanol–water partition coefficient (Wildman–Crippen LogP) is 2.64. The summed E-state index contributed by atoms with van der Waals surface area (Å²) in [4.78, 5) is 7.75. The first-order valence-electron chi connectivity index (χ1n) is 2.43. The van der Waals surface area contributed by atoms with Crippen molar-refractivity contribution >= 4 is 47.8 Å². The summed E-state index contributed by atoms with van der Waals surface area (Å²) in [6.45, 7) is 0. The summed E-state index contributed by atoms with van der Waals surface area (Å²) >= 11 is 9.33. The fraction of sp³-hybridized carbons (Fsp3) is 0. The van der Waals surface area contributed by atoms with Crippen LogP contribution in [0.4, 0.5) is 0 Å². The van der Waals surface area contributed by atoms with Gasteiger partial charge in [0, 0.05) is 0 Å². The maximum absolute atomic E-state index is 8.58. The number of hydrogen-bond donors (Lipinski definition) is 0. The highest BCUT2D eigenvalue weighted by Gasteiger charge is 2.07. The van der Waals surface area contributed by atoms with Crippen molar-refractivity contribution in [2.45, 2.75) is 0 Å². The van der Waals surface area contributed by atoms with Crippen LogP contribution < -0.4 is 0 Å². The molecule has 0 aliphatic carbocycles. The minimum absolute atomic E-state index is 0.396. The molecule has 0 aromatic carbocycles. The molecule has 1 heterocycles. The van der Waals surface area contributed by atoms with Gasteiger partial charge in [-0.2, -0.15) is 5.26 Å². The Morgan fingerprint density at radius 1 is 1.09 bits per heavy atom. The van der Waals surface area contributed by atoms with Gasteiger partial charge in [-0.25, -0.2) is 9.97 Å². The number of aromatic nitrogens is 2. The molecule has 0 radical (unpaired) electrons. The lowest BCUT2D eigenvalue weighted by Gasteiger charge is -1.96. The van der Waals surface area contributed by atoms with Crippen molar-refractivity contribution in [3.63, 3.8) is 0 Å². The molecular formula is C5Br3N3. The van der Waals surface area contributed by atoms with E-state index in [-0.39, 0.29) is 0 Å². The second kappa shape index (κ2) is 3.61. The van der Waals surface area contributed by atoms with Crippen LogP contribution in [0.15, 0.2) is 13.9 Å². The van der Waals surface area contributed by atoms with Crippen molar-refractivity contribution in [2.75, 3.05) is 0 Å². The molecule has 1 rings (SSSR count). The molecule has 1 aromatic rings. The minimum Gasteiger partial charge on any atom is -0.214 e. The van der Waals surface area contributed by atoms with Crippen LogP contribution in [-0.2, 0) is 0 Å². The van der Waals surface area contributed by atoms with Crippen molar-refractivity contribution < 1.29 is 0 Å². The minimum atomic E-state index is 0.396. The van der Waals surface area contributed by atoms with Crippen LogP contribution in [0.25, 0.3) is 0 Å². The monoisotopic (exact) mass is 339 g/mol. The van der Waals surface area contributed by atoms with Crippen LogP contribution in [0.3, 0.4) is 0 Å². The molecule has 0 unspecified atom stereocenters. The molecule has 0 saturated carbocycles. The lowest BCUT2D eigenvalue weighted by atomic mass is 10.4. The molecule has 1 aromatic heterocycles. The van der Waals surface area contributed by atoms with Gasteiger partial charge in [-0.3, -0.25) is 0 Å². The second-order valence-electron chi connectivity index (χ2n) is 1.56. The third-order valence-corrected chi connectivity index (χ3v) is 2.41.